The van der Waals surface area contributed by atoms with E-state index in [1.54, 1.807) is 6.20 Å². The normalized spacial score (nSPS) is 10.3. The first-order valence-electron chi connectivity index (χ1n) is 8.45. The van der Waals surface area contributed by atoms with E-state index in [0.717, 1.165) is 30.2 Å². The Kier molecular flexibility index (Phi) is 5.82. The van der Waals surface area contributed by atoms with Gasteiger partial charge in [-0.15, -0.1) is 0 Å². The summed E-state index contributed by atoms with van der Waals surface area (Å²) in [5.74, 6) is 2.12. The third-order valence-corrected chi connectivity index (χ3v) is 3.65. The minimum Gasteiger partial charge on any atom is -0.492 e. The van der Waals surface area contributed by atoms with Gasteiger partial charge in [0.2, 0.25) is 5.95 Å². The Morgan fingerprint density at radius 3 is 2.60 bits per heavy atom. The molecule has 0 spiro atoms. The van der Waals surface area contributed by atoms with Gasteiger partial charge in [-0.05, 0) is 37.1 Å². The summed E-state index contributed by atoms with van der Waals surface area (Å²) in [5, 5.41) is 6.56. The molecule has 2 N–H and O–H groups in total. The molecule has 5 heteroatoms. The molecule has 1 heterocycles. The fourth-order valence-corrected chi connectivity index (χ4v) is 2.47. The molecule has 0 bridgehead atoms. The van der Waals surface area contributed by atoms with Crippen LogP contribution in [0.25, 0.3) is 0 Å². The topological polar surface area (TPSA) is 59.1 Å². The molecule has 0 aliphatic rings. The summed E-state index contributed by atoms with van der Waals surface area (Å²) in [6.45, 7) is 3.39. The Morgan fingerprint density at radius 2 is 1.76 bits per heavy atom. The Balaban J connectivity index is 1.62. The number of hydrogen-bond acceptors (Lipinski definition) is 5. The molecule has 0 saturated carbocycles. The minimum atomic E-state index is 0.539. The van der Waals surface area contributed by atoms with Crippen LogP contribution in [0.15, 0.2) is 66.9 Å². The highest BCUT2D eigenvalue weighted by molar-refractivity contribution is 5.62. The number of nitrogens with one attached hydrogen (secondary N) is 2. The van der Waals surface area contributed by atoms with Crippen LogP contribution in [0.5, 0.6) is 5.75 Å². The maximum absolute atomic E-state index is 5.62. The number of benzene rings is 2. The van der Waals surface area contributed by atoms with Gasteiger partial charge in [-0.3, -0.25) is 0 Å². The Labute approximate surface area is 148 Å². The fourth-order valence-electron chi connectivity index (χ4n) is 2.47. The van der Waals surface area contributed by atoms with Crippen molar-refractivity contribution in [2.45, 2.75) is 13.3 Å². The predicted molar refractivity (Wildman–Crippen MR) is 102 cm³/mol. The first-order valence-corrected chi connectivity index (χ1v) is 8.45. The molecule has 128 valence electrons. The van der Waals surface area contributed by atoms with E-state index in [-0.39, 0.29) is 0 Å². The predicted octanol–water partition coefficient (Wildman–Crippen LogP) is 4.27. The van der Waals surface area contributed by atoms with Crippen LogP contribution in [-0.2, 0) is 6.42 Å². The van der Waals surface area contributed by atoms with Gasteiger partial charge >= 0.3 is 0 Å². The largest absolute Gasteiger partial charge is 0.492 e. The molecule has 25 heavy (non-hydrogen) atoms. The highest BCUT2D eigenvalue weighted by Gasteiger charge is 2.05. The van der Waals surface area contributed by atoms with Gasteiger partial charge < -0.3 is 15.4 Å². The molecule has 0 aliphatic heterocycles. The zero-order valence-corrected chi connectivity index (χ0v) is 14.3. The van der Waals surface area contributed by atoms with Gasteiger partial charge in [0.25, 0.3) is 0 Å². The van der Waals surface area contributed by atoms with Crippen molar-refractivity contribution >= 4 is 17.5 Å². The maximum Gasteiger partial charge on any atom is 0.229 e. The molecule has 1 aromatic heterocycles. The van der Waals surface area contributed by atoms with Crippen LogP contribution >= 0.6 is 0 Å². The molecule has 3 rings (SSSR count). The summed E-state index contributed by atoms with van der Waals surface area (Å²) in [5.41, 5.74) is 2.15. The van der Waals surface area contributed by atoms with E-state index in [1.165, 1.54) is 5.56 Å². The van der Waals surface area contributed by atoms with E-state index < -0.39 is 0 Å². The quantitative estimate of drug-likeness (QED) is 0.644. The Bertz CT molecular complexity index is 792. The van der Waals surface area contributed by atoms with Crippen molar-refractivity contribution in [3.8, 4) is 5.75 Å². The highest BCUT2D eigenvalue weighted by Crippen LogP contribution is 2.26. The standard InChI is InChI=1S/C20H22N4O/c1-2-25-18-11-7-6-10-17(18)23-20-22-15-13-19(24-20)21-14-12-16-8-4-3-5-9-16/h3-11,13,15H,2,12,14H2,1H3,(H2,21,22,23,24). The molecule has 0 unspecified atom stereocenters. The van der Waals surface area contributed by atoms with Crippen LogP contribution in [0.1, 0.15) is 12.5 Å². The third kappa shape index (κ3) is 4.94. The van der Waals surface area contributed by atoms with Crippen LogP contribution in [0.2, 0.25) is 0 Å². The smallest absolute Gasteiger partial charge is 0.229 e. The van der Waals surface area contributed by atoms with Gasteiger partial charge in [-0.25, -0.2) is 4.98 Å². The number of nitrogens with zero attached hydrogens (tertiary/aromatic N) is 2. The van der Waals surface area contributed by atoms with Crippen LogP contribution in [0, 0.1) is 0 Å². The van der Waals surface area contributed by atoms with Crippen molar-refractivity contribution in [2.24, 2.45) is 0 Å². The molecule has 0 saturated heterocycles. The highest BCUT2D eigenvalue weighted by atomic mass is 16.5. The summed E-state index contributed by atoms with van der Waals surface area (Å²) < 4.78 is 5.62. The lowest BCUT2D eigenvalue weighted by molar-refractivity contribution is 0.342. The van der Waals surface area contributed by atoms with E-state index in [4.69, 9.17) is 4.74 Å². The van der Waals surface area contributed by atoms with Crippen LogP contribution in [-0.4, -0.2) is 23.1 Å². The SMILES string of the molecule is CCOc1ccccc1Nc1nccc(NCCc2ccccc2)n1. The molecule has 0 radical (unpaired) electrons. The van der Waals surface area contributed by atoms with Crippen molar-refractivity contribution in [3.05, 3.63) is 72.4 Å². The first kappa shape index (κ1) is 16.8. The number of hydrogen-bond donors (Lipinski definition) is 2. The number of para-hydroxylation sites is 2. The maximum atomic E-state index is 5.62. The lowest BCUT2D eigenvalue weighted by atomic mass is 10.1. The average molecular weight is 334 g/mol. The molecule has 0 atom stereocenters. The van der Waals surface area contributed by atoms with E-state index in [0.29, 0.717) is 12.6 Å². The second-order valence-electron chi connectivity index (χ2n) is 5.48. The van der Waals surface area contributed by atoms with E-state index >= 15 is 0 Å². The van der Waals surface area contributed by atoms with Crippen molar-refractivity contribution in [1.82, 2.24) is 9.97 Å². The van der Waals surface area contributed by atoms with Gasteiger partial charge in [0, 0.05) is 12.7 Å². The third-order valence-electron chi connectivity index (χ3n) is 3.65. The number of aromatic nitrogens is 2. The van der Waals surface area contributed by atoms with Crippen molar-refractivity contribution in [2.75, 3.05) is 23.8 Å². The summed E-state index contributed by atoms with van der Waals surface area (Å²) in [4.78, 5) is 8.80. The van der Waals surface area contributed by atoms with Crippen molar-refractivity contribution < 1.29 is 4.74 Å². The van der Waals surface area contributed by atoms with Crippen LogP contribution in [0.4, 0.5) is 17.5 Å². The first-order chi connectivity index (χ1) is 12.3. The van der Waals surface area contributed by atoms with Gasteiger partial charge in [-0.2, -0.15) is 4.98 Å². The second kappa shape index (κ2) is 8.68. The zero-order valence-electron chi connectivity index (χ0n) is 14.3. The Hall–Kier alpha value is -3.08. The van der Waals surface area contributed by atoms with Crippen molar-refractivity contribution in [3.63, 3.8) is 0 Å². The second-order valence-corrected chi connectivity index (χ2v) is 5.48. The number of anilines is 3. The summed E-state index contributed by atoms with van der Waals surface area (Å²) in [7, 11) is 0. The van der Waals surface area contributed by atoms with Crippen LogP contribution < -0.4 is 15.4 Å². The van der Waals surface area contributed by atoms with E-state index in [9.17, 15) is 0 Å². The van der Waals surface area contributed by atoms with Gasteiger partial charge in [-0.1, -0.05) is 42.5 Å². The zero-order chi connectivity index (χ0) is 17.3. The summed E-state index contributed by atoms with van der Waals surface area (Å²) in [6, 6.07) is 20.0. The van der Waals surface area contributed by atoms with Gasteiger partial charge in [0.05, 0.1) is 12.3 Å². The molecule has 3 aromatic rings. The molecule has 0 aliphatic carbocycles. The average Bonchev–Trinajstić information content (AvgIpc) is 2.65. The minimum absolute atomic E-state index is 0.539. The van der Waals surface area contributed by atoms with Crippen molar-refractivity contribution in [1.29, 1.82) is 0 Å². The van der Waals surface area contributed by atoms with Gasteiger partial charge in [0.15, 0.2) is 0 Å². The molecular formula is C20H22N4O. The lowest BCUT2D eigenvalue weighted by Gasteiger charge is -2.12. The monoisotopic (exact) mass is 334 g/mol. The fraction of sp³-hybridized carbons (Fsp3) is 0.200. The molecule has 5 nitrogen and oxygen atoms in total. The number of rotatable bonds is 8. The van der Waals surface area contributed by atoms with Crippen LogP contribution in [0.3, 0.4) is 0 Å². The van der Waals surface area contributed by atoms with Gasteiger partial charge in [0.1, 0.15) is 11.6 Å². The van der Waals surface area contributed by atoms with E-state index in [2.05, 4.69) is 44.9 Å². The van der Waals surface area contributed by atoms with E-state index in [1.807, 2.05) is 43.3 Å². The summed E-state index contributed by atoms with van der Waals surface area (Å²) >= 11 is 0. The molecule has 0 fully saturated rings. The molecular weight excluding hydrogens is 312 g/mol. The molecule has 2 aromatic carbocycles. The summed E-state index contributed by atoms with van der Waals surface area (Å²) in [6.07, 6.45) is 2.68. The molecule has 0 amide bonds. The number of ether oxygens (including phenoxy) is 1. The lowest BCUT2D eigenvalue weighted by Crippen LogP contribution is -2.08. The Morgan fingerprint density at radius 1 is 0.960 bits per heavy atom.